The van der Waals surface area contributed by atoms with Crippen LogP contribution in [0.3, 0.4) is 0 Å². The van der Waals surface area contributed by atoms with Gasteiger partial charge < -0.3 is 34.5 Å². The summed E-state index contributed by atoms with van der Waals surface area (Å²) in [5.74, 6) is -1.78. The number of nitrogens with one attached hydrogen (secondary N) is 2. The number of esters is 3. The van der Waals surface area contributed by atoms with Crippen molar-refractivity contribution < 1.29 is 38.1 Å². The van der Waals surface area contributed by atoms with Crippen molar-refractivity contribution in [2.75, 3.05) is 6.61 Å². The number of carbonyl (C=O) groups excluding carboxylic acids is 4. The molecule has 194 valence electrons. The van der Waals surface area contributed by atoms with E-state index in [0.29, 0.717) is 0 Å². The molecule has 7 unspecified atom stereocenters. The lowest BCUT2D eigenvalue weighted by molar-refractivity contribution is -0.167. The number of aliphatic imine (C=N–C) groups is 1. The number of carbonyl (C=O) groups is 4. The quantitative estimate of drug-likeness (QED) is 0.393. The molecule has 0 saturated carbocycles. The number of amides is 2. The summed E-state index contributed by atoms with van der Waals surface area (Å²) in [6.45, 7) is 5.46. The molecular formula is C23H28N4O8S. The van der Waals surface area contributed by atoms with Crippen molar-refractivity contribution in [3.63, 3.8) is 0 Å². The standard InChI is InChI=1S/C23H28N4O8S/c1-11-5-7-15(8-6-11)36-21-17-20(25-23(31)26-21)27(10-24-17)22-19(34-14(4)30)18(33-13(3)29)16(35-22)9-32-12(2)28/h5-8,10,16-22H,9H2,1-4H3,(H2,25,26,31). The lowest BCUT2D eigenvalue weighted by atomic mass is 10.1. The first-order valence-electron chi connectivity index (χ1n) is 11.4. The Morgan fingerprint density at radius 2 is 1.69 bits per heavy atom. The predicted molar refractivity (Wildman–Crippen MR) is 127 cm³/mol. The number of benzene rings is 1. The highest BCUT2D eigenvalue weighted by Crippen LogP contribution is 2.36. The minimum Gasteiger partial charge on any atom is -0.463 e. The Labute approximate surface area is 212 Å². The SMILES string of the molecule is CC(=O)OCC1OC(N2C=NC3C(Sc4ccc(C)cc4)NC(=O)NC32)C(OC(C)=O)C1OC(C)=O. The Bertz CT molecular complexity index is 1050. The van der Waals surface area contributed by atoms with Crippen LogP contribution in [0.4, 0.5) is 4.79 Å². The maximum Gasteiger partial charge on any atom is 0.317 e. The second kappa shape index (κ2) is 10.7. The molecule has 0 bridgehead atoms. The first-order chi connectivity index (χ1) is 17.1. The Kier molecular flexibility index (Phi) is 7.69. The van der Waals surface area contributed by atoms with Crippen LogP contribution >= 0.6 is 11.8 Å². The van der Waals surface area contributed by atoms with Gasteiger partial charge in [-0.1, -0.05) is 29.5 Å². The van der Waals surface area contributed by atoms with Crippen LogP contribution in [0.15, 0.2) is 34.2 Å². The van der Waals surface area contributed by atoms with Crippen LogP contribution < -0.4 is 10.6 Å². The van der Waals surface area contributed by atoms with E-state index in [1.807, 2.05) is 31.2 Å². The lowest BCUT2D eigenvalue weighted by Gasteiger charge is -2.40. The molecule has 3 aliphatic rings. The number of fused-ring (bicyclic) bond motifs is 1. The van der Waals surface area contributed by atoms with E-state index < -0.39 is 60.7 Å². The van der Waals surface area contributed by atoms with E-state index in [0.717, 1.165) is 10.5 Å². The third kappa shape index (κ3) is 5.73. The molecule has 2 N–H and O–H groups in total. The average Bonchev–Trinajstić information content (AvgIpc) is 3.35. The van der Waals surface area contributed by atoms with Crippen LogP contribution in [0, 0.1) is 6.92 Å². The van der Waals surface area contributed by atoms with E-state index in [2.05, 4.69) is 15.6 Å². The van der Waals surface area contributed by atoms with Crippen molar-refractivity contribution in [2.45, 2.75) is 74.7 Å². The number of ether oxygens (including phenoxy) is 4. The number of rotatable bonds is 7. The Hall–Kier alpha value is -3.32. The molecule has 4 rings (SSSR count). The monoisotopic (exact) mass is 520 g/mol. The molecule has 3 heterocycles. The fourth-order valence-corrected chi connectivity index (χ4v) is 5.41. The highest BCUT2D eigenvalue weighted by atomic mass is 32.2. The number of aryl methyl sites for hydroxylation is 1. The molecule has 0 spiro atoms. The molecule has 1 aromatic carbocycles. The average molecular weight is 521 g/mol. The maximum atomic E-state index is 12.6. The Morgan fingerprint density at radius 1 is 1.03 bits per heavy atom. The van der Waals surface area contributed by atoms with Gasteiger partial charge in [-0.25, -0.2) is 4.79 Å². The van der Waals surface area contributed by atoms with Gasteiger partial charge in [0.2, 0.25) is 0 Å². The molecule has 3 aliphatic heterocycles. The summed E-state index contributed by atoms with van der Waals surface area (Å²) in [5.41, 5.74) is 1.12. The summed E-state index contributed by atoms with van der Waals surface area (Å²) in [7, 11) is 0. The maximum absolute atomic E-state index is 12.6. The number of urea groups is 1. The molecule has 0 aliphatic carbocycles. The summed E-state index contributed by atoms with van der Waals surface area (Å²) in [5, 5.41) is 5.36. The molecule has 2 fully saturated rings. The van der Waals surface area contributed by atoms with E-state index in [4.69, 9.17) is 18.9 Å². The number of hydrogen-bond acceptors (Lipinski definition) is 11. The molecule has 0 aromatic heterocycles. The van der Waals surface area contributed by atoms with Crippen molar-refractivity contribution in [1.82, 2.24) is 15.5 Å². The topological polar surface area (TPSA) is 145 Å². The normalized spacial score (nSPS) is 30.7. The minimum absolute atomic E-state index is 0.222. The molecule has 12 nitrogen and oxygen atoms in total. The largest absolute Gasteiger partial charge is 0.463 e. The molecular weight excluding hydrogens is 492 g/mol. The third-order valence-corrected chi connectivity index (χ3v) is 6.99. The van der Waals surface area contributed by atoms with E-state index in [1.165, 1.54) is 38.9 Å². The lowest BCUT2D eigenvalue weighted by Crippen LogP contribution is -2.66. The van der Waals surface area contributed by atoms with Crippen molar-refractivity contribution in [2.24, 2.45) is 4.99 Å². The smallest absolute Gasteiger partial charge is 0.317 e. The minimum atomic E-state index is -1.06. The van der Waals surface area contributed by atoms with Crippen molar-refractivity contribution in [3.8, 4) is 0 Å². The Morgan fingerprint density at radius 3 is 2.33 bits per heavy atom. The summed E-state index contributed by atoms with van der Waals surface area (Å²) in [6.07, 6.45) is -3.10. The fourth-order valence-electron chi connectivity index (χ4n) is 4.30. The van der Waals surface area contributed by atoms with Crippen molar-refractivity contribution in [1.29, 1.82) is 0 Å². The summed E-state index contributed by atoms with van der Waals surface area (Å²) in [6, 6.07) is 7.11. The highest BCUT2D eigenvalue weighted by Gasteiger charge is 2.55. The predicted octanol–water partition coefficient (Wildman–Crippen LogP) is 0.916. The summed E-state index contributed by atoms with van der Waals surface area (Å²) in [4.78, 5) is 54.9. The summed E-state index contributed by atoms with van der Waals surface area (Å²) >= 11 is 1.46. The van der Waals surface area contributed by atoms with E-state index in [-0.39, 0.29) is 12.0 Å². The fraction of sp³-hybridized carbons (Fsp3) is 0.522. The van der Waals surface area contributed by atoms with Crippen LogP contribution in [0.5, 0.6) is 0 Å². The molecule has 1 aromatic rings. The zero-order valence-electron chi connectivity index (χ0n) is 20.2. The van der Waals surface area contributed by atoms with Gasteiger partial charge in [-0.3, -0.25) is 19.4 Å². The molecule has 13 heteroatoms. The first kappa shape index (κ1) is 25.8. The van der Waals surface area contributed by atoms with Gasteiger partial charge >= 0.3 is 23.9 Å². The molecule has 7 atom stereocenters. The number of thioether (sulfide) groups is 1. The number of hydrogen-bond donors (Lipinski definition) is 2. The van der Waals surface area contributed by atoms with Gasteiger partial charge in [-0.15, -0.1) is 0 Å². The summed E-state index contributed by atoms with van der Waals surface area (Å²) < 4.78 is 22.1. The second-order valence-electron chi connectivity index (χ2n) is 8.63. The van der Waals surface area contributed by atoms with Crippen LogP contribution in [-0.2, 0) is 33.3 Å². The van der Waals surface area contributed by atoms with Crippen molar-refractivity contribution in [3.05, 3.63) is 29.8 Å². The van der Waals surface area contributed by atoms with Gasteiger partial charge in [0.05, 0.1) is 6.34 Å². The molecule has 2 amide bonds. The highest BCUT2D eigenvalue weighted by molar-refractivity contribution is 8.00. The second-order valence-corrected chi connectivity index (χ2v) is 9.85. The molecule has 36 heavy (non-hydrogen) atoms. The van der Waals surface area contributed by atoms with Crippen LogP contribution in [-0.4, -0.2) is 83.9 Å². The Balaban J connectivity index is 1.57. The van der Waals surface area contributed by atoms with Gasteiger partial charge in [0.15, 0.2) is 18.4 Å². The molecule has 0 radical (unpaired) electrons. The number of nitrogens with zero attached hydrogens (tertiary/aromatic N) is 2. The van der Waals surface area contributed by atoms with E-state index in [1.54, 1.807) is 4.90 Å². The van der Waals surface area contributed by atoms with Crippen LogP contribution in [0.25, 0.3) is 0 Å². The van der Waals surface area contributed by atoms with Crippen LogP contribution in [0.2, 0.25) is 0 Å². The zero-order chi connectivity index (χ0) is 26.0. The van der Waals surface area contributed by atoms with E-state index >= 15 is 0 Å². The van der Waals surface area contributed by atoms with Gasteiger partial charge in [0.25, 0.3) is 0 Å². The van der Waals surface area contributed by atoms with Gasteiger partial charge in [0.1, 0.15) is 30.3 Å². The van der Waals surface area contributed by atoms with Gasteiger partial charge in [-0.05, 0) is 19.1 Å². The van der Waals surface area contributed by atoms with E-state index in [9.17, 15) is 19.2 Å². The zero-order valence-corrected chi connectivity index (χ0v) is 21.0. The first-order valence-corrected chi connectivity index (χ1v) is 12.2. The van der Waals surface area contributed by atoms with Crippen molar-refractivity contribution >= 4 is 42.0 Å². The molecule has 2 saturated heterocycles. The van der Waals surface area contributed by atoms with Crippen LogP contribution in [0.1, 0.15) is 26.3 Å². The third-order valence-electron chi connectivity index (χ3n) is 5.80. The van der Waals surface area contributed by atoms with Gasteiger partial charge in [0, 0.05) is 25.7 Å². The van der Waals surface area contributed by atoms with Gasteiger partial charge in [-0.2, -0.15) is 0 Å².